The van der Waals surface area contributed by atoms with Crippen LogP contribution in [0.4, 0.5) is 11.6 Å². The molecular formula is C21H20ClN3O5S. The summed E-state index contributed by atoms with van der Waals surface area (Å²) in [7, 11) is -3.87. The summed E-state index contributed by atoms with van der Waals surface area (Å²) in [6.45, 7) is 3.40. The van der Waals surface area contributed by atoms with Crippen molar-refractivity contribution >= 4 is 44.9 Å². The summed E-state index contributed by atoms with van der Waals surface area (Å²) in [5.41, 5.74) is 2.08. The van der Waals surface area contributed by atoms with E-state index < -0.39 is 10.0 Å². The first-order chi connectivity index (χ1) is 14.7. The van der Waals surface area contributed by atoms with Gasteiger partial charge in [-0.3, -0.25) is 9.59 Å². The number of nitrogens with zero attached hydrogens (tertiary/aromatic N) is 1. The number of anilines is 2. The average molecular weight is 462 g/mol. The molecule has 3 rings (SSSR count). The number of Topliss-reactive ketones (excluding diaryl/α,β-unsaturated/α-hetero) is 1. The summed E-state index contributed by atoms with van der Waals surface area (Å²) in [5.74, 6) is -0.471. The van der Waals surface area contributed by atoms with Crippen LogP contribution in [0.1, 0.15) is 34.5 Å². The van der Waals surface area contributed by atoms with Crippen LogP contribution in [-0.4, -0.2) is 25.3 Å². The summed E-state index contributed by atoms with van der Waals surface area (Å²) in [4.78, 5) is 24.3. The van der Waals surface area contributed by atoms with E-state index in [1.807, 2.05) is 0 Å². The number of nitrogens with one attached hydrogen (secondary N) is 2. The maximum absolute atomic E-state index is 12.5. The number of amides is 1. The second-order valence-corrected chi connectivity index (χ2v) is 8.95. The molecule has 8 nitrogen and oxygen atoms in total. The van der Waals surface area contributed by atoms with Crippen LogP contribution in [-0.2, 0) is 14.8 Å². The molecule has 0 saturated heterocycles. The zero-order valence-electron chi connectivity index (χ0n) is 16.8. The van der Waals surface area contributed by atoms with Crippen molar-refractivity contribution in [3.63, 3.8) is 0 Å². The summed E-state index contributed by atoms with van der Waals surface area (Å²) < 4.78 is 32.3. The molecule has 0 unspecified atom stereocenters. The van der Waals surface area contributed by atoms with Gasteiger partial charge in [0.05, 0.1) is 10.6 Å². The number of sulfonamides is 1. The van der Waals surface area contributed by atoms with Gasteiger partial charge in [0.1, 0.15) is 0 Å². The second-order valence-electron chi connectivity index (χ2n) is 6.83. The van der Waals surface area contributed by atoms with Crippen LogP contribution < -0.4 is 10.0 Å². The molecule has 31 heavy (non-hydrogen) atoms. The highest BCUT2D eigenvalue weighted by atomic mass is 35.5. The molecule has 10 heteroatoms. The third-order valence-electron chi connectivity index (χ3n) is 4.58. The standard InChI is InChI=1S/C21H20ClN3O5S/c1-13-14(2)24-30-21(13)25-31(28,29)18-9-7-17(8-10-18)23-20(27)12-11-19(26)15-3-5-16(22)6-4-15/h3-10,25H,11-12H2,1-2H3,(H,23,27). The molecule has 0 aliphatic carbocycles. The van der Waals surface area contributed by atoms with Crippen LogP contribution in [0, 0.1) is 13.8 Å². The summed E-state index contributed by atoms with van der Waals surface area (Å²) in [6, 6.07) is 12.1. The molecule has 0 aliphatic heterocycles. The summed E-state index contributed by atoms with van der Waals surface area (Å²) >= 11 is 5.80. The van der Waals surface area contributed by atoms with E-state index in [0.717, 1.165) is 0 Å². The second kappa shape index (κ2) is 9.32. The number of carbonyl (C=O) groups is 2. The lowest BCUT2D eigenvalue weighted by Crippen LogP contribution is -2.15. The van der Waals surface area contributed by atoms with Gasteiger partial charge < -0.3 is 9.84 Å². The van der Waals surface area contributed by atoms with E-state index in [-0.39, 0.29) is 35.3 Å². The fourth-order valence-corrected chi connectivity index (χ4v) is 3.81. The van der Waals surface area contributed by atoms with Crippen LogP contribution in [0.5, 0.6) is 0 Å². The van der Waals surface area contributed by atoms with Crippen molar-refractivity contribution in [2.45, 2.75) is 31.6 Å². The molecule has 0 spiro atoms. The highest BCUT2D eigenvalue weighted by molar-refractivity contribution is 7.92. The first-order valence-corrected chi connectivity index (χ1v) is 11.2. The van der Waals surface area contributed by atoms with E-state index in [0.29, 0.717) is 27.5 Å². The van der Waals surface area contributed by atoms with Crippen molar-refractivity contribution in [2.24, 2.45) is 0 Å². The number of hydrogen-bond acceptors (Lipinski definition) is 6. The highest BCUT2D eigenvalue weighted by Crippen LogP contribution is 2.22. The molecule has 0 saturated carbocycles. The fourth-order valence-electron chi connectivity index (χ4n) is 2.64. The molecular weight excluding hydrogens is 442 g/mol. The Morgan fingerprint density at radius 3 is 2.23 bits per heavy atom. The number of carbonyl (C=O) groups excluding carboxylic acids is 2. The SMILES string of the molecule is Cc1noc(NS(=O)(=O)c2ccc(NC(=O)CCC(=O)c3ccc(Cl)cc3)cc2)c1C. The number of benzene rings is 2. The molecule has 162 valence electrons. The number of halogens is 1. The molecule has 0 bridgehead atoms. The Labute approximate surface area is 184 Å². The molecule has 1 amide bonds. The minimum absolute atomic E-state index is 0.00290. The first-order valence-electron chi connectivity index (χ1n) is 9.30. The van der Waals surface area contributed by atoms with Gasteiger partial charge in [0.2, 0.25) is 11.8 Å². The lowest BCUT2D eigenvalue weighted by molar-refractivity contribution is -0.116. The quantitative estimate of drug-likeness (QED) is 0.481. The number of ketones is 1. The maximum Gasteiger partial charge on any atom is 0.264 e. The van der Waals surface area contributed by atoms with Gasteiger partial charge in [-0.15, -0.1) is 0 Å². The highest BCUT2D eigenvalue weighted by Gasteiger charge is 2.19. The van der Waals surface area contributed by atoms with E-state index in [9.17, 15) is 18.0 Å². The van der Waals surface area contributed by atoms with Crippen LogP contribution in [0.15, 0.2) is 57.9 Å². The predicted octanol–water partition coefficient (Wildman–Crippen LogP) is 4.35. The van der Waals surface area contributed by atoms with Gasteiger partial charge in [-0.05, 0) is 62.4 Å². The Morgan fingerprint density at radius 2 is 1.65 bits per heavy atom. The molecule has 2 N–H and O–H groups in total. The first kappa shape index (κ1) is 22.5. The van der Waals surface area contributed by atoms with Gasteiger partial charge >= 0.3 is 0 Å². The van der Waals surface area contributed by atoms with Gasteiger partial charge in [-0.2, -0.15) is 0 Å². The van der Waals surface area contributed by atoms with Crippen LogP contribution in [0.2, 0.25) is 5.02 Å². The molecule has 2 aromatic carbocycles. The minimum Gasteiger partial charge on any atom is -0.337 e. The Morgan fingerprint density at radius 1 is 1.00 bits per heavy atom. The Kier molecular flexibility index (Phi) is 6.77. The number of hydrogen-bond donors (Lipinski definition) is 2. The molecule has 3 aromatic rings. The fraction of sp³-hybridized carbons (Fsp3) is 0.190. The molecule has 0 fully saturated rings. The van der Waals surface area contributed by atoms with Crippen LogP contribution in [0.3, 0.4) is 0 Å². The van der Waals surface area contributed by atoms with E-state index >= 15 is 0 Å². The molecule has 0 aliphatic rings. The van der Waals surface area contributed by atoms with Gasteiger partial charge in [0, 0.05) is 34.7 Å². The zero-order chi connectivity index (χ0) is 22.6. The van der Waals surface area contributed by atoms with E-state index in [1.54, 1.807) is 38.1 Å². The van der Waals surface area contributed by atoms with Crippen molar-refractivity contribution in [3.8, 4) is 0 Å². The lowest BCUT2D eigenvalue weighted by atomic mass is 10.1. The Balaban J connectivity index is 1.57. The van der Waals surface area contributed by atoms with Crippen molar-refractivity contribution in [2.75, 3.05) is 10.0 Å². The van der Waals surface area contributed by atoms with Crippen LogP contribution in [0.25, 0.3) is 0 Å². The normalized spacial score (nSPS) is 11.2. The lowest BCUT2D eigenvalue weighted by Gasteiger charge is -2.08. The van der Waals surface area contributed by atoms with Crippen LogP contribution >= 0.6 is 11.6 Å². The van der Waals surface area contributed by atoms with E-state index in [2.05, 4.69) is 15.2 Å². The summed E-state index contributed by atoms with van der Waals surface area (Å²) in [6.07, 6.45) is 0.0347. The minimum atomic E-state index is -3.87. The van der Waals surface area contributed by atoms with Gasteiger partial charge in [0.25, 0.3) is 10.0 Å². The zero-order valence-corrected chi connectivity index (χ0v) is 18.4. The number of aryl methyl sites for hydroxylation is 1. The van der Waals surface area contributed by atoms with Crippen molar-refractivity contribution in [3.05, 3.63) is 70.4 Å². The third-order valence-corrected chi connectivity index (χ3v) is 6.18. The molecule has 1 aromatic heterocycles. The molecule has 1 heterocycles. The monoisotopic (exact) mass is 461 g/mol. The summed E-state index contributed by atoms with van der Waals surface area (Å²) in [5, 5.41) is 6.89. The van der Waals surface area contributed by atoms with E-state index in [1.165, 1.54) is 24.3 Å². The maximum atomic E-state index is 12.5. The number of rotatable bonds is 8. The largest absolute Gasteiger partial charge is 0.337 e. The van der Waals surface area contributed by atoms with E-state index in [4.69, 9.17) is 16.1 Å². The van der Waals surface area contributed by atoms with Crippen molar-refractivity contribution < 1.29 is 22.5 Å². The number of aromatic nitrogens is 1. The topological polar surface area (TPSA) is 118 Å². The van der Waals surface area contributed by atoms with Gasteiger partial charge in [-0.1, -0.05) is 16.8 Å². The Bertz CT molecular complexity index is 1200. The predicted molar refractivity (Wildman–Crippen MR) is 117 cm³/mol. The molecule has 0 atom stereocenters. The van der Waals surface area contributed by atoms with Gasteiger partial charge in [0.15, 0.2) is 5.78 Å². The third kappa shape index (κ3) is 5.71. The van der Waals surface area contributed by atoms with Crippen molar-refractivity contribution in [1.82, 2.24) is 5.16 Å². The van der Waals surface area contributed by atoms with Crippen molar-refractivity contribution in [1.29, 1.82) is 0 Å². The average Bonchev–Trinajstić information content (AvgIpc) is 3.04. The Hall–Kier alpha value is -3.17. The van der Waals surface area contributed by atoms with Gasteiger partial charge in [-0.25, -0.2) is 13.1 Å². The molecule has 0 radical (unpaired) electrons. The smallest absolute Gasteiger partial charge is 0.264 e.